The van der Waals surface area contributed by atoms with Crippen molar-refractivity contribution < 1.29 is 13.2 Å². The summed E-state index contributed by atoms with van der Waals surface area (Å²) in [4.78, 5) is 8.36. The minimum absolute atomic E-state index is 0.0453. The van der Waals surface area contributed by atoms with Gasteiger partial charge in [-0.25, -0.2) is 9.67 Å². The van der Waals surface area contributed by atoms with Gasteiger partial charge in [-0.05, 0) is 18.6 Å². The lowest BCUT2D eigenvalue weighted by Crippen LogP contribution is -2.31. The van der Waals surface area contributed by atoms with Gasteiger partial charge in [-0.1, -0.05) is 0 Å². The van der Waals surface area contributed by atoms with Gasteiger partial charge < -0.3 is 5.73 Å². The zero-order chi connectivity index (χ0) is 15.0. The van der Waals surface area contributed by atoms with E-state index in [2.05, 4.69) is 15.1 Å². The number of nitrogens with zero attached hydrogens (tertiary/aromatic N) is 4. The smallest absolute Gasteiger partial charge is 0.325 e. The quantitative estimate of drug-likeness (QED) is 0.919. The van der Waals surface area contributed by atoms with Crippen molar-refractivity contribution in [3.05, 3.63) is 29.8 Å². The van der Waals surface area contributed by atoms with Gasteiger partial charge in [0.1, 0.15) is 5.82 Å². The monoisotopic (exact) mass is 297 g/mol. The van der Waals surface area contributed by atoms with E-state index in [1.807, 2.05) is 0 Å². The maximum absolute atomic E-state index is 12.8. The summed E-state index contributed by atoms with van der Waals surface area (Å²) in [6.45, 7) is 0.571. The molecule has 21 heavy (non-hydrogen) atoms. The lowest BCUT2D eigenvalue weighted by Gasteiger charge is -2.24. The number of hydrogen-bond acceptors (Lipinski definition) is 4. The van der Waals surface area contributed by atoms with E-state index in [-0.39, 0.29) is 19.4 Å². The van der Waals surface area contributed by atoms with E-state index in [9.17, 15) is 13.2 Å². The standard InChI is InChI=1S/C13H14F3N5/c14-13(15,16)9-3-4-21-11(5-9)19-12(20-21)8-1-2-10(6-17)18-7-8/h1-2,7,9H,3-6,17H2. The Balaban J connectivity index is 1.86. The number of halogens is 3. The topological polar surface area (TPSA) is 69.6 Å². The van der Waals surface area contributed by atoms with E-state index in [1.54, 1.807) is 23.0 Å². The van der Waals surface area contributed by atoms with Crippen molar-refractivity contribution >= 4 is 0 Å². The van der Waals surface area contributed by atoms with E-state index >= 15 is 0 Å². The molecule has 3 rings (SSSR count). The van der Waals surface area contributed by atoms with E-state index in [0.717, 1.165) is 5.69 Å². The summed E-state index contributed by atoms with van der Waals surface area (Å²) in [7, 11) is 0. The molecule has 0 saturated carbocycles. The maximum Gasteiger partial charge on any atom is 0.392 e. The van der Waals surface area contributed by atoms with Crippen LogP contribution in [-0.2, 0) is 19.5 Å². The van der Waals surface area contributed by atoms with Crippen LogP contribution in [0.5, 0.6) is 0 Å². The molecule has 1 aliphatic heterocycles. The van der Waals surface area contributed by atoms with E-state index in [1.165, 1.54) is 0 Å². The SMILES string of the molecule is NCc1ccc(-c2nc3n(n2)CCC(C(F)(F)F)C3)cn1. The summed E-state index contributed by atoms with van der Waals surface area (Å²) in [5.41, 5.74) is 6.88. The first kappa shape index (κ1) is 14.0. The van der Waals surface area contributed by atoms with Crippen molar-refractivity contribution in [1.29, 1.82) is 0 Å². The normalized spacial score (nSPS) is 18.6. The Morgan fingerprint density at radius 2 is 2.14 bits per heavy atom. The highest BCUT2D eigenvalue weighted by molar-refractivity contribution is 5.53. The van der Waals surface area contributed by atoms with Gasteiger partial charge >= 0.3 is 6.18 Å². The van der Waals surface area contributed by atoms with Crippen molar-refractivity contribution in [2.75, 3.05) is 0 Å². The molecule has 0 aromatic carbocycles. The Bertz CT molecular complexity index is 632. The van der Waals surface area contributed by atoms with Crippen LogP contribution in [0.2, 0.25) is 0 Å². The molecule has 3 heterocycles. The maximum atomic E-state index is 12.8. The van der Waals surface area contributed by atoms with Gasteiger partial charge in [0.15, 0.2) is 5.82 Å². The number of nitrogens with two attached hydrogens (primary N) is 1. The van der Waals surface area contributed by atoms with Gasteiger partial charge in [-0.15, -0.1) is 0 Å². The molecule has 0 aliphatic carbocycles. The zero-order valence-corrected chi connectivity index (χ0v) is 11.1. The molecule has 0 radical (unpaired) electrons. The molecule has 0 saturated heterocycles. The lowest BCUT2D eigenvalue weighted by atomic mass is 9.98. The summed E-state index contributed by atoms with van der Waals surface area (Å²) in [5.74, 6) is -0.551. The molecule has 2 aromatic rings. The molecule has 1 aliphatic rings. The molecular formula is C13H14F3N5. The van der Waals surface area contributed by atoms with Crippen molar-refractivity contribution in [2.24, 2.45) is 11.7 Å². The zero-order valence-electron chi connectivity index (χ0n) is 11.1. The molecular weight excluding hydrogens is 283 g/mol. The van der Waals surface area contributed by atoms with Gasteiger partial charge in [0.05, 0.1) is 11.6 Å². The van der Waals surface area contributed by atoms with Crippen LogP contribution in [0.4, 0.5) is 13.2 Å². The second kappa shape index (κ2) is 5.10. The van der Waals surface area contributed by atoms with E-state index in [0.29, 0.717) is 23.8 Å². The van der Waals surface area contributed by atoms with Crippen molar-refractivity contribution in [2.45, 2.75) is 32.1 Å². The minimum atomic E-state index is -4.18. The summed E-state index contributed by atoms with van der Waals surface area (Å²) in [5, 5.41) is 4.26. The summed E-state index contributed by atoms with van der Waals surface area (Å²) in [6.07, 6.45) is -2.67. The molecule has 1 atom stereocenters. The van der Waals surface area contributed by atoms with Crippen LogP contribution in [0.3, 0.4) is 0 Å². The van der Waals surface area contributed by atoms with Crippen LogP contribution in [0.25, 0.3) is 11.4 Å². The predicted octanol–water partition coefficient (Wildman–Crippen LogP) is 1.92. The van der Waals surface area contributed by atoms with Crippen LogP contribution < -0.4 is 5.73 Å². The van der Waals surface area contributed by atoms with Crippen molar-refractivity contribution in [1.82, 2.24) is 19.7 Å². The van der Waals surface area contributed by atoms with Gasteiger partial charge in [-0.2, -0.15) is 18.3 Å². The summed E-state index contributed by atoms with van der Waals surface area (Å²) in [6, 6.07) is 3.53. The van der Waals surface area contributed by atoms with Crippen LogP contribution in [0, 0.1) is 5.92 Å². The van der Waals surface area contributed by atoms with Crippen molar-refractivity contribution in [3.63, 3.8) is 0 Å². The average Bonchev–Trinajstić information content (AvgIpc) is 2.89. The Labute approximate surface area is 119 Å². The Hall–Kier alpha value is -1.96. The molecule has 112 valence electrons. The number of fused-ring (bicyclic) bond motifs is 1. The first-order valence-electron chi connectivity index (χ1n) is 6.63. The Morgan fingerprint density at radius 3 is 2.76 bits per heavy atom. The number of rotatable bonds is 2. The molecule has 0 fully saturated rings. The molecule has 0 spiro atoms. The number of hydrogen-bond donors (Lipinski definition) is 1. The fourth-order valence-electron chi connectivity index (χ4n) is 2.38. The number of aromatic nitrogens is 4. The van der Waals surface area contributed by atoms with E-state index < -0.39 is 12.1 Å². The molecule has 2 aromatic heterocycles. The van der Waals surface area contributed by atoms with Gasteiger partial charge in [0.2, 0.25) is 0 Å². The second-order valence-corrected chi connectivity index (χ2v) is 5.05. The molecule has 0 bridgehead atoms. The van der Waals surface area contributed by atoms with Gasteiger partial charge in [-0.3, -0.25) is 4.98 Å². The summed E-state index contributed by atoms with van der Waals surface area (Å²) < 4.78 is 39.9. The Kier molecular flexibility index (Phi) is 3.40. The number of pyridine rings is 1. The van der Waals surface area contributed by atoms with Crippen LogP contribution in [0.15, 0.2) is 18.3 Å². The highest BCUT2D eigenvalue weighted by Gasteiger charge is 2.42. The first-order chi connectivity index (χ1) is 9.97. The fraction of sp³-hybridized carbons (Fsp3) is 0.462. The van der Waals surface area contributed by atoms with Gasteiger partial charge in [0, 0.05) is 31.3 Å². The fourth-order valence-corrected chi connectivity index (χ4v) is 2.38. The van der Waals surface area contributed by atoms with Gasteiger partial charge in [0.25, 0.3) is 0 Å². The first-order valence-corrected chi connectivity index (χ1v) is 6.63. The predicted molar refractivity (Wildman–Crippen MR) is 69.0 cm³/mol. The second-order valence-electron chi connectivity index (χ2n) is 5.05. The van der Waals surface area contributed by atoms with Crippen LogP contribution in [0.1, 0.15) is 17.9 Å². The highest BCUT2D eigenvalue weighted by atomic mass is 19.4. The third kappa shape index (κ3) is 2.76. The summed E-state index contributed by atoms with van der Waals surface area (Å²) >= 11 is 0. The third-order valence-corrected chi connectivity index (χ3v) is 3.62. The highest BCUT2D eigenvalue weighted by Crippen LogP contribution is 2.34. The van der Waals surface area contributed by atoms with Crippen molar-refractivity contribution in [3.8, 4) is 11.4 Å². The molecule has 5 nitrogen and oxygen atoms in total. The number of alkyl halides is 3. The lowest BCUT2D eigenvalue weighted by molar-refractivity contribution is -0.179. The molecule has 8 heteroatoms. The van der Waals surface area contributed by atoms with Crippen LogP contribution in [-0.4, -0.2) is 25.9 Å². The molecule has 1 unspecified atom stereocenters. The Morgan fingerprint density at radius 1 is 1.33 bits per heavy atom. The minimum Gasteiger partial charge on any atom is -0.325 e. The largest absolute Gasteiger partial charge is 0.392 e. The molecule has 0 amide bonds. The van der Waals surface area contributed by atoms with Crippen LogP contribution >= 0.6 is 0 Å². The third-order valence-electron chi connectivity index (χ3n) is 3.62. The molecule has 2 N–H and O–H groups in total. The number of aryl methyl sites for hydroxylation is 1. The average molecular weight is 297 g/mol. The van der Waals surface area contributed by atoms with E-state index in [4.69, 9.17) is 5.73 Å².